The highest BCUT2D eigenvalue weighted by Crippen LogP contribution is 2.55. The first-order chi connectivity index (χ1) is 14.0. The van der Waals surface area contributed by atoms with E-state index < -0.39 is 12.1 Å². The zero-order valence-electron chi connectivity index (χ0n) is 16.6. The molecule has 154 valence electrons. The molecule has 7 heteroatoms. The standard InChI is InChI=1S/C22H26N2O4S/c1-13(20(26)24-22-9-14-6-15(10-22)8-16(7-14)11-22)27-19(25)12-29-21-23-17-4-2-3-5-18(17)28-21/h2-5,13-16H,6-12H2,1H3,(H,24,26)/t13-,14?,15?,16?,22?/m0/s1. The third-order valence-corrected chi connectivity index (χ3v) is 7.49. The summed E-state index contributed by atoms with van der Waals surface area (Å²) in [5, 5.41) is 3.69. The summed E-state index contributed by atoms with van der Waals surface area (Å²) in [5.74, 6) is 1.71. The number of hydrogen-bond acceptors (Lipinski definition) is 6. The summed E-state index contributed by atoms with van der Waals surface area (Å²) in [5.41, 5.74) is 1.37. The molecule has 4 aliphatic rings. The highest BCUT2D eigenvalue weighted by Gasteiger charge is 2.51. The van der Waals surface area contributed by atoms with E-state index in [1.54, 1.807) is 6.92 Å². The number of carbonyl (C=O) groups is 2. The molecule has 4 saturated carbocycles. The molecule has 1 atom stereocenters. The van der Waals surface area contributed by atoms with Gasteiger partial charge in [0.25, 0.3) is 11.1 Å². The quantitative estimate of drug-likeness (QED) is 0.570. The molecule has 1 aromatic heterocycles. The third kappa shape index (κ3) is 3.89. The van der Waals surface area contributed by atoms with E-state index in [2.05, 4.69) is 10.3 Å². The number of rotatable bonds is 6. The van der Waals surface area contributed by atoms with Crippen molar-refractivity contribution in [3.63, 3.8) is 0 Å². The minimum absolute atomic E-state index is 0.0573. The van der Waals surface area contributed by atoms with Gasteiger partial charge in [0.2, 0.25) is 0 Å². The van der Waals surface area contributed by atoms with Crippen LogP contribution in [-0.2, 0) is 14.3 Å². The Morgan fingerprint density at radius 2 is 1.86 bits per heavy atom. The fraction of sp³-hybridized carbons (Fsp3) is 0.591. The van der Waals surface area contributed by atoms with Crippen molar-refractivity contribution in [2.75, 3.05) is 5.75 Å². The number of thioether (sulfide) groups is 1. The lowest BCUT2D eigenvalue weighted by Gasteiger charge is -2.57. The number of esters is 1. The van der Waals surface area contributed by atoms with Gasteiger partial charge in [-0.2, -0.15) is 0 Å². The van der Waals surface area contributed by atoms with Crippen LogP contribution in [0.15, 0.2) is 33.9 Å². The van der Waals surface area contributed by atoms with Crippen molar-refractivity contribution in [1.29, 1.82) is 0 Å². The van der Waals surface area contributed by atoms with Crippen LogP contribution in [0.3, 0.4) is 0 Å². The lowest BCUT2D eigenvalue weighted by Crippen LogP contribution is -2.61. The highest BCUT2D eigenvalue weighted by molar-refractivity contribution is 7.99. The zero-order chi connectivity index (χ0) is 20.0. The van der Waals surface area contributed by atoms with Gasteiger partial charge < -0.3 is 14.5 Å². The minimum Gasteiger partial charge on any atom is -0.452 e. The second-order valence-electron chi connectivity index (χ2n) is 9.06. The van der Waals surface area contributed by atoms with E-state index in [0.29, 0.717) is 10.8 Å². The van der Waals surface area contributed by atoms with E-state index in [1.165, 1.54) is 31.0 Å². The van der Waals surface area contributed by atoms with Gasteiger partial charge in [-0.1, -0.05) is 23.9 Å². The number of nitrogens with zero attached hydrogens (tertiary/aromatic N) is 1. The van der Waals surface area contributed by atoms with Gasteiger partial charge in [-0.15, -0.1) is 0 Å². The zero-order valence-corrected chi connectivity index (χ0v) is 17.4. The van der Waals surface area contributed by atoms with Crippen molar-refractivity contribution in [3.8, 4) is 0 Å². The summed E-state index contributed by atoms with van der Waals surface area (Å²) < 4.78 is 11.0. The van der Waals surface area contributed by atoms with Crippen molar-refractivity contribution in [2.24, 2.45) is 17.8 Å². The van der Waals surface area contributed by atoms with Crippen molar-refractivity contribution >= 4 is 34.7 Å². The number of amides is 1. The predicted octanol–water partition coefficient (Wildman–Crippen LogP) is 3.94. The number of fused-ring (bicyclic) bond motifs is 1. The van der Waals surface area contributed by atoms with Gasteiger partial charge in [-0.25, -0.2) is 4.98 Å². The SMILES string of the molecule is C[C@H](OC(=O)CSc1nc2ccccc2o1)C(=O)NC12CC3CC(CC(C3)C1)C2. The van der Waals surface area contributed by atoms with Crippen LogP contribution in [0.4, 0.5) is 0 Å². The largest absolute Gasteiger partial charge is 0.452 e. The van der Waals surface area contributed by atoms with E-state index in [9.17, 15) is 9.59 Å². The average molecular weight is 415 g/mol. The van der Waals surface area contributed by atoms with Crippen LogP contribution < -0.4 is 5.32 Å². The van der Waals surface area contributed by atoms with Gasteiger partial charge in [-0.05, 0) is 75.3 Å². The molecule has 0 radical (unpaired) electrons. The van der Waals surface area contributed by atoms with Crippen LogP contribution in [0.25, 0.3) is 11.1 Å². The molecule has 2 aromatic rings. The van der Waals surface area contributed by atoms with E-state index in [0.717, 1.165) is 42.5 Å². The molecule has 4 aliphatic carbocycles. The van der Waals surface area contributed by atoms with Crippen molar-refractivity contribution in [1.82, 2.24) is 10.3 Å². The van der Waals surface area contributed by atoms with E-state index in [1.807, 2.05) is 24.3 Å². The van der Waals surface area contributed by atoms with Crippen molar-refractivity contribution < 1.29 is 18.7 Å². The molecule has 1 aromatic carbocycles. The summed E-state index contributed by atoms with van der Waals surface area (Å²) in [6.07, 6.45) is 6.43. The van der Waals surface area contributed by atoms with Crippen LogP contribution in [-0.4, -0.2) is 34.3 Å². The number of benzene rings is 1. The molecular formula is C22H26N2O4S. The molecule has 29 heavy (non-hydrogen) atoms. The summed E-state index contributed by atoms with van der Waals surface area (Å²) in [6.45, 7) is 1.65. The van der Waals surface area contributed by atoms with Crippen LogP contribution >= 0.6 is 11.8 Å². The molecule has 6 nitrogen and oxygen atoms in total. The monoisotopic (exact) mass is 414 g/mol. The Labute approximate surface area is 174 Å². The molecule has 0 aliphatic heterocycles. The summed E-state index contributed by atoms with van der Waals surface area (Å²) in [7, 11) is 0. The molecule has 0 unspecified atom stereocenters. The smallest absolute Gasteiger partial charge is 0.317 e. The van der Waals surface area contributed by atoms with Gasteiger partial charge in [0.1, 0.15) is 11.3 Å². The van der Waals surface area contributed by atoms with Crippen LogP contribution in [0.5, 0.6) is 0 Å². The van der Waals surface area contributed by atoms with E-state index in [-0.39, 0.29) is 17.2 Å². The molecule has 6 rings (SSSR count). The summed E-state index contributed by atoms with van der Waals surface area (Å²) in [4.78, 5) is 29.3. The maximum atomic E-state index is 12.7. The lowest BCUT2D eigenvalue weighted by molar-refractivity contribution is -0.154. The number of ether oxygens (including phenoxy) is 1. The first kappa shape index (κ1) is 19.0. The Hall–Kier alpha value is -2.02. The lowest BCUT2D eigenvalue weighted by atomic mass is 9.53. The molecule has 1 heterocycles. The topological polar surface area (TPSA) is 81.4 Å². The maximum Gasteiger partial charge on any atom is 0.317 e. The Kier molecular flexibility index (Phi) is 4.81. The Morgan fingerprint density at radius 3 is 2.52 bits per heavy atom. The molecular weight excluding hydrogens is 388 g/mol. The molecule has 1 amide bonds. The molecule has 0 spiro atoms. The molecule has 4 bridgehead atoms. The van der Waals surface area contributed by atoms with E-state index >= 15 is 0 Å². The van der Waals surface area contributed by atoms with Crippen LogP contribution in [0, 0.1) is 17.8 Å². The first-order valence-corrected chi connectivity index (χ1v) is 11.5. The second-order valence-corrected chi connectivity index (χ2v) is 9.98. The Morgan fingerprint density at radius 1 is 1.21 bits per heavy atom. The number of para-hydroxylation sites is 2. The number of carbonyl (C=O) groups excluding carboxylic acids is 2. The van der Waals surface area contributed by atoms with Crippen molar-refractivity contribution in [3.05, 3.63) is 24.3 Å². The van der Waals surface area contributed by atoms with Crippen molar-refractivity contribution in [2.45, 2.75) is 62.3 Å². The van der Waals surface area contributed by atoms with Crippen LogP contribution in [0.2, 0.25) is 0 Å². The predicted molar refractivity (Wildman–Crippen MR) is 109 cm³/mol. The Balaban J connectivity index is 1.13. The third-order valence-electron chi connectivity index (χ3n) is 6.69. The maximum absolute atomic E-state index is 12.7. The minimum atomic E-state index is -0.792. The highest BCUT2D eigenvalue weighted by atomic mass is 32.2. The van der Waals surface area contributed by atoms with Gasteiger partial charge in [0.05, 0.1) is 0 Å². The van der Waals surface area contributed by atoms with Gasteiger partial charge >= 0.3 is 5.97 Å². The molecule has 4 fully saturated rings. The van der Waals surface area contributed by atoms with Crippen LogP contribution in [0.1, 0.15) is 45.4 Å². The molecule has 1 N–H and O–H groups in total. The number of oxazole rings is 1. The fourth-order valence-electron chi connectivity index (χ4n) is 5.94. The van der Waals surface area contributed by atoms with Gasteiger partial charge in [0.15, 0.2) is 11.7 Å². The summed E-state index contributed by atoms with van der Waals surface area (Å²) >= 11 is 1.18. The Bertz CT molecular complexity index is 872. The first-order valence-electron chi connectivity index (χ1n) is 10.5. The van der Waals surface area contributed by atoms with Gasteiger partial charge in [0, 0.05) is 5.54 Å². The summed E-state index contributed by atoms with van der Waals surface area (Å²) in [6, 6.07) is 7.46. The fourth-order valence-corrected chi connectivity index (χ4v) is 6.57. The number of nitrogens with one attached hydrogen (secondary N) is 1. The number of hydrogen-bond donors (Lipinski definition) is 1. The second kappa shape index (κ2) is 7.35. The number of aromatic nitrogens is 1. The van der Waals surface area contributed by atoms with Gasteiger partial charge in [-0.3, -0.25) is 9.59 Å². The van der Waals surface area contributed by atoms with E-state index in [4.69, 9.17) is 9.15 Å². The average Bonchev–Trinajstić information content (AvgIpc) is 3.08. The molecule has 0 saturated heterocycles. The normalized spacial score (nSPS) is 31.0.